The maximum Gasteiger partial charge on any atom is 0.239 e. The Kier molecular flexibility index (Phi) is 3.40. The summed E-state index contributed by atoms with van der Waals surface area (Å²) in [6, 6.07) is 4.70. The first-order valence-corrected chi connectivity index (χ1v) is 10.3. The second-order valence-electron chi connectivity index (χ2n) is 9.02. The van der Waals surface area contributed by atoms with Crippen LogP contribution in [0.4, 0.5) is 5.69 Å². The fourth-order valence-electron chi connectivity index (χ4n) is 5.26. The van der Waals surface area contributed by atoms with E-state index in [0.717, 1.165) is 53.6 Å². The number of halogens is 1. The van der Waals surface area contributed by atoms with Gasteiger partial charge in [0.25, 0.3) is 0 Å². The number of piperidine rings is 1. The summed E-state index contributed by atoms with van der Waals surface area (Å²) in [6.45, 7) is 5.99. The summed E-state index contributed by atoms with van der Waals surface area (Å²) in [5.41, 5.74) is 0.767. The summed E-state index contributed by atoms with van der Waals surface area (Å²) < 4.78 is 0.883. The molecule has 26 heavy (non-hydrogen) atoms. The average molecular weight is 415 g/mol. The van der Waals surface area contributed by atoms with Gasteiger partial charge in [-0.05, 0) is 67.1 Å². The minimum Gasteiger partial charge on any atom is -0.306 e. The molecule has 2 saturated carbocycles. The van der Waals surface area contributed by atoms with Crippen LogP contribution in [0.15, 0.2) is 16.7 Å². The third-order valence-corrected chi connectivity index (χ3v) is 7.49. The van der Waals surface area contributed by atoms with E-state index in [2.05, 4.69) is 31.9 Å². The van der Waals surface area contributed by atoms with Gasteiger partial charge in [0.1, 0.15) is 5.54 Å². The Morgan fingerprint density at radius 3 is 2.81 bits per heavy atom. The second kappa shape index (κ2) is 5.30. The zero-order valence-electron chi connectivity index (χ0n) is 15.2. The Morgan fingerprint density at radius 2 is 2.12 bits per heavy atom. The Labute approximate surface area is 162 Å². The maximum atomic E-state index is 13.1. The van der Waals surface area contributed by atoms with E-state index in [1.165, 1.54) is 12.8 Å². The molecule has 1 aromatic rings. The number of pyridine rings is 1. The predicted octanol–water partition coefficient (Wildman–Crippen LogP) is 3.23. The fourth-order valence-corrected chi connectivity index (χ4v) is 5.58. The molecule has 0 spiro atoms. The van der Waals surface area contributed by atoms with Gasteiger partial charge in [-0.2, -0.15) is 5.26 Å². The van der Waals surface area contributed by atoms with Crippen molar-refractivity contribution < 1.29 is 4.79 Å². The van der Waals surface area contributed by atoms with E-state index in [4.69, 9.17) is 0 Å². The van der Waals surface area contributed by atoms with Gasteiger partial charge in [0, 0.05) is 36.1 Å². The zero-order chi connectivity index (χ0) is 18.3. The van der Waals surface area contributed by atoms with Crippen molar-refractivity contribution in [2.45, 2.75) is 56.5 Å². The molecule has 0 bridgehead atoms. The number of amides is 1. The average Bonchev–Trinajstić information content (AvgIpc) is 3.32. The Morgan fingerprint density at radius 1 is 1.35 bits per heavy atom. The van der Waals surface area contributed by atoms with Gasteiger partial charge < -0.3 is 4.90 Å². The van der Waals surface area contributed by atoms with E-state index < -0.39 is 5.41 Å². The van der Waals surface area contributed by atoms with Crippen molar-refractivity contribution in [3.05, 3.63) is 22.4 Å². The molecule has 1 saturated heterocycles. The highest BCUT2D eigenvalue weighted by Crippen LogP contribution is 2.52. The minimum atomic E-state index is -0.604. The van der Waals surface area contributed by atoms with Gasteiger partial charge in [0.15, 0.2) is 0 Å². The van der Waals surface area contributed by atoms with Crippen molar-refractivity contribution in [3.63, 3.8) is 0 Å². The molecule has 0 N–H and O–H groups in total. The summed E-state index contributed by atoms with van der Waals surface area (Å²) in [5, 5.41) is 9.94. The molecule has 6 heteroatoms. The first-order chi connectivity index (χ1) is 12.4. The zero-order valence-corrected chi connectivity index (χ0v) is 16.8. The molecule has 0 radical (unpaired) electrons. The summed E-state index contributed by atoms with van der Waals surface area (Å²) in [6.07, 6.45) is 5.82. The molecule has 1 aromatic heterocycles. The third-order valence-electron chi connectivity index (χ3n) is 7.06. The maximum absolute atomic E-state index is 13.1. The highest BCUT2D eigenvalue weighted by atomic mass is 79.9. The number of nitrogens with zero attached hydrogens (tertiary/aromatic N) is 4. The highest BCUT2D eigenvalue weighted by molar-refractivity contribution is 9.10. The lowest BCUT2D eigenvalue weighted by atomic mass is 9.70. The first-order valence-electron chi connectivity index (χ1n) is 9.52. The summed E-state index contributed by atoms with van der Waals surface area (Å²) >= 11 is 3.49. The van der Waals surface area contributed by atoms with Crippen LogP contribution in [0.25, 0.3) is 0 Å². The molecule has 2 aliphatic carbocycles. The molecule has 2 atom stereocenters. The lowest BCUT2D eigenvalue weighted by molar-refractivity contribution is -0.123. The van der Waals surface area contributed by atoms with Gasteiger partial charge in [-0.15, -0.1) is 0 Å². The third kappa shape index (κ3) is 2.16. The summed E-state index contributed by atoms with van der Waals surface area (Å²) in [5.74, 6) is 1.82. The Balaban J connectivity index is 1.41. The number of carbonyl (C=O) groups is 1. The molecule has 1 amide bonds. The smallest absolute Gasteiger partial charge is 0.239 e. The van der Waals surface area contributed by atoms with Crippen LogP contribution in [-0.4, -0.2) is 40.5 Å². The van der Waals surface area contributed by atoms with Gasteiger partial charge in [-0.25, -0.2) is 0 Å². The number of nitriles is 1. The van der Waals surface area contributed by atoms with E-state index in [1.807, 2.05) is 24.8 Å². The quantitative estimate of drug-likeness (QED) is 0.744. The van der Waals surface area contributed by atoms with Crippen molar-refractivity contribution in [2.75, 3.05) is 18.0 Å². The minimum absolute atomic E-state index is 0.0932. The largest absolute Gasteiger partial charge is 0.306 e. The van der Waals surface area contributed by atoms with Gasteiger partial charge >= 0.3 is 0 Å². The van der Waals surface area contributed by atoms with E-state index in [-0.39, 0.29) is 17.5 Å². The molecule has 3 fully saturated rings. The number of fused-ring (bicyclic) bond motifs is 2. The number of hydrogen-bond acceptors (Lipinski definition) is 4. The van der Waals surface area contributed by atoms with E-state index in [9.17, 15) is 10.1 Å². The number of carbonyl (C=O) groups excluding carboxylic acids is 1. The van der Waals surface area contributed by atoms with Crippen LogP contribution in [0.2, 0.25) is 0 Å². The second-order valence-corrected chi connectivity index (χ2v) is 9.93. The number of rotatable bonds is 2. The lowest BCUT2D eigenvalue weighted by Gasteiger charge is -2.53. The van der Waals surface area contributed by atoms with Gasteiger partial charge in [0.2, 0.25) is 5.91 Å². The van der Waals surface area contributed by atoms with Crippen molar-refractivity contribution >= 4 is 27.5 Å². The van der Waals surface area contributed by atoms with Gasteiger partial charge in [-0.1, -0.05) is 0 Å². The van der Waals surface area contributed by atoms with Crippen LogP contribution >= 0.6 is 15.9 Å². The molecular formula is C20H23BrN4O. The fraction of sp³-hybridized carbons (Fsp3) is 0.650. The SMILES string of the molecule is CC1(C)C(=O)N(C2CC(C#N)(N3CCC4C[C@@H]4C3)C2)c2cc(Br)cnc21. The molecule has 3 heterocycles. The van der Waals surface area contributed by atoms with Crippen LogP contribution in [0.3, 0.4) is 0 Å². The van der Waals surface area contributed by atoms with Crippen molar-refractivity contribution in [1.29, 1.82) is 5.26 Å². The van der Waals surface area contributed by atoms with Crippen molar-refractivity contribution in [1.82, 2.24) is 9.88 Å². The normalized spacial score (nSPS) is 37.5. The number of anilines is 1. The van der Waals surface area contributed by atoms with E-state index in [0.29, 0.717) is 0 Å². The standard InChI is InChI=1S/C20H23BrN4O/c1-19(2)17-16(6-14(21)9-23-17)25(18(19)26)15-7-20(8-15,11-22)24-4-3-12-5-13(12)10-24/h6,9,12-13,15H,3-5,7-8,10H2,1-2H3/t12?,13-,15?,20?/m1/s1. The van der Waals surface area contributed by atoms with E-state index >= 15 is 0 Å². The van der Waals surface area contributed by atoms with Crippen LogP contribution in [0.5, 0.6) is 0 Å². The topological polar surface area (TPSA) is 60.2 Å². The monoisotopic (exact) mass is 414 g/mol. The first kappa shape index (κ1) is 16.7. The number of hydrogen-bond donors (Lipinski definition) is 0. The van der Waals surface area contributed by atoms with Crippen LogP contribution in [0.1, 0.15) is 45.2 Å². The molecule has 2 aliphatic heterocycles. The van der Waals surface area contributed by atoms with E-state index in [1.54, 1.807) is 6.20 Å². The highest BCUT2D eigenvalue weighted by Gasteiger charge is 2.58. The Hall–Kier alpha value is -1.45. The predicted molar refractivity (Wildman–Crippen MR) is 102 cm³/mol. The van der Waals surface area contributed by atoms with Crippen molar-refractivity contribution in [3.8, 4) is 6.07 Å². The Bertz CT molecular complexity index is 839. The van der Waals surface area contributed by atoms with Crippen LogP contribution in [-0.2, 0) is 10.2 Å². The van der Waals surface area contributed by atoms with Gasteiger partial charge in [-0.3, -0.25) is 14.7 Å². The molecular weight excluding hydrogens is 392 g/mol. The van der Waals surface area contributed by atoms with Gasteiger partial charge in [0.05, 0.1) is 22.9 Å². The molecule has 136 valence electrons. The number of likely N-dealkylation sites (tertiary alicyclic amines) is 1. The molecule has 1 unspecified atom stereocenters. The molecule has 5 rings (SSSR count). The molecule has 0 aromatic carbocycles. The number of aromatic nitrogens is 1. The molecule has 5 nitrogen and oxygen atoms in total. The summed E-state index contributed by atoms with van der Waals surface area (Å²) in [7, 11) is 0. The summed E-state index contributed by atoms with van der Waals surface area (Å²) in [4.78, 5) is 22.0. The van der Waals surface area contributed by atoms with Crippen molar-refractivity contribution in [2.24, 2.45) is 11.8 Å². The van der Waals surface area contributed by atoms with Crippen LogP contribution in [0, 0.1) is 23.2 Å². The van der Waals surface area contributed by atoms with Crippen LogP contribution < -0.4 is 4.90 Å². The lowest BCUT2D eigenvalue weighted by Crippen LogP contribution is -2.65. The molecule has 4 aliphatic rings.